The summed E-state index contributed by atoms with van der Waals surface area (Å²) in [6.07, 6.45) is 1.80. The molecule has 0 aromatic heterocycles. The molecule has 1 fully saturated rings. The van der Waals surface area contributed by atoms with Crippen LogP contribution in [0.2, 0.25) is 0 Å². The summed E-state index contributed by atoms with van der Waals surface area (Å²) in [5, 5.41) is 17.9. The first-order chi connectivity index (χ1) is 7.59. The smallest absolute Gasteiger partial charge is 0.340 e. The zero-order valence-corrected chi connectivity index (χ0v) is 8.34. The monoisotopic (exact) mass is 222 g/mol. The third kappa shape index (κ3) is 1.98. The second-order valence-electron chi connectivity index (χ2n) is 3.61. The summed E-state index contributed by atoms with van der Waals surface area (Å²) in [7, 11) is 0. The van der Waals surface area contributed by atoms with Crippen LogP contribution < -0.4 is 4.74 Å². The highest BCUT2D eigenvalue weighted by molar-refractivity contribution is 6.03. The van der Waals surface area contributed by atoms with Gasteiger partial charge in [-0.1, -0.05) is 6.07 Å². The minimum atomic E-state index is -1.28. The van der Waals surface area contributed by atoms with Gasteiger partial charge in [-0.05, 0) is 25.0 Å². The molecule has 84 valence electrons. The standard InChI is InChI=1S/C11H10O5/c12-10(13)7-2-1-3-8(9(7)11(14)15)16-6-4-5-6/h1-3,6H,4-5H2,(H,12,13)(H,14,15). The molecule has 5 heteroatoms. The van der Waals surface area contributed by atoms with Gasteiger partial charge in [0.15, 0.2) is 0 Å². The van der Waals surface area contributed by atoms with E-state index in [1.807, 2.05) is 0 Å². The molecule has 0 unspecified atom stereocenters. The van der Waals surface area contributed by atoms with Crippen LogP contribution in [-0.4, -0.2) is 28.3 Å². The number of carbonyl (C=O) groups is 2. The average Bonchev–Trinajstić information content (AvgIpc) is 3.00. The third-order valence-corrected chi connectivity index (χ3v) is 2.29. The summed E-state index contributed by atoms with van der Waals surface area (Å²) in [5.41, 5.74) is -0.521. The lowest BCUT2D eigenvalue weighted by atomic mass is 10.1. The zero-order chi connectivity index (χ0) is 11.7. The van der Waals surface area contributed by atoms with Crippen molar-refractivity contribution in [3.8, 4) is 5.75 Å². The summed E-state index contributed by atoms with van der Waals surface area (Å²) in [6, 6.07) is 4.22. The fourth-order valence-electron chi connectivity index (χ4n) is 1.39. The lowest BCUT2D eigenvalue weighted by Gasteiger charge is -2.09. The first-order valence-corrected chi connectivity index (χ1v) is 4.86. The maximum atomic E-state index is 11.0. The van der Waals surface area contributed by atoms with E-state index in [1.165, 1.54) is 18.2 Å². The van der Waals surface area contributed by atoms with Gasteiger partial charge < -0.3 is 14.9 Å². The number of ether oxygens (including phenoxy) is 1. The predicted molar refractivity (Wildman–Crippen MR) is 54.0 cm³/mol. The van der Waals surface area contributed by atoms with Gasteiger partial charge in [0, 0.05) is 0 Å². The van der Waals surface area contributed by atoms with Crippen molar-refractivity contribution in [2.75, 3.05) is 0 Å². The Kier molecular flexibility index (Phi) is 2.52. The van der Waals surface area contributed by atoms with Crippen LogP contribution in [0.3, 0.4) is 0 Å². The minimum Gasteiger partial charge on any atom is -0.489 e. The molecule has 0 atom stereocenters. The molecule has 1 aromatic rings. The van der Waals surface area contributed by atoms with E-state index in [4.69, 9.17) is 14.9 Å². The second kappa shape index (κ2) is 3.84. The van der Waals surface area contributed by atoms with E-state index in [9.17, 15) is 9.59 Å². The van der Waals surface area contributed by atoms with Crippen LogP contribution in [0, 0.1) is 0 Å². The van der Waals surface area contributed by atoms with E-state index in [-0.39, 0.29) is 23.0 Å². The number of carboxylic acid groups (broad SMARTS) is 2. The number of carboxylic acids is 2. The van der Waals surface area contributed by atoms with Crippen LogP contribution in [-0.2, 0) is 0 Å². The largest absolute Gasteiger partial charge is 0.489 e. The van der Waals surface area contributed by atoms with Crippen LogP contribution >= 0.6 is 0 Å². The number of hydrogen-bond acceptors (Lipinski definition) is 3. The molecule has 1 aromatic carbocycles. The first kappa shape index (κ1) is 10.5. The molecule has 1 aliphatic carbocycles. The quantitative estimate of drug-likeness (QED) is 0.808. The van der Waals surface area contributed by atoms with Gasteiger partial charge >= 0.3 is 11.9 Å². The number of benzene rings is 1. The molecule has 0 heterocycles. The Morgan fingerprint density at radius 2 is 1.88 bits per heavy atom. The van der Waals surface area contributed by atoms with E-state index < -0.39 is 11.9 Å². The van der Waals surface area contributed by atoms with E-state index in [2.05, 4.69) is 0 Å². The molecule has 0 radical (unpaired) electrons. The number of aromatic carboxylic acids is 2. The van der Waals surface area contributed by atoms with Crippen LogP contribution in [0.1, 0.15) is 33.6 Å². The Bertz CT molecular complexity index is 448. The van der Waals surface area contributed by atoms with Gasteiger partial charge in [0.1, 0.15) is 11.3 Å². The molecule has 0 saturated heterocycles. The van der Waals surface area contributed by atoms with Gasteiger partial charge in [-0.25, -0.2) is 9.59 Å². The van der Waals surface area contributed by atoms with Crippen molar-refractivity contribution in [3.63, 3.8) is 0 Å². The van der Waals surface area contributed by atoms with Crippen LogP contribution in [0.25, 0.3) is 0 Å². The Morgan fingerprint density at radius 1 is 1.19 bits per heavy atom. The Hall–Kier alpha value is -2.04. The molecule has 0 bridgehead atoms. The lowest BCUT2D eigenvalue weighted by molar-refractivity contribution is 0.0647. The minimum absolute atomic E-state index is 0.0298. The van der Waals surface area contributed by atoms with Gasteiger partial charge in [-0.3, -0.25) is 0 Å². The molecule has 1 saturated carbocycles. The van der Waals surface area contributed by atoms with Gasteiger partial charge in [-0.2, -0.15) is 0 Å². The average molecular weight is 222 g/mol. The van der Waals surface area contributed by atoms with Crippen molar-refractivity contribution in [1.82, 2.24) is 0 Å². The highest BCUT2D eigenvalue weighted by Crippen LogP contribution is 2.30. The molecule has 0 aliphatic heterocycles. The molecule has 5 nitrogen and oxygen atoms in total. The van der Waals surface area contributed by atoms with Gasteiger partial charge in [0.2, 0.25) is 0 Å². The lowest BCUT2D eigenvalue weighted by Crippen LogP contribution is -2.11. The van der Waals surface area contributed by atoms with E-state index in [0.717, 1.165) is 12.8 Å². The highest BCUT2D eigenvalue weighted by Gasteiger charge is 2.28. The molecule has 2 rings (SSSR count). The van der Waals surface area contributed by atoms with Crippen LogP contribution in [0.15, 0.2) is 18.2 Å². The van der Waals surface area contributed by atoms with Gasteiger partial charge in [-0.15, -0.1) is 0 Å². The second-order valence-corrected chi connectivity index (χ2v) is 3.61. The molecular weight excluding hydrogens is 212 g/mol. The zero-order valence-electron chi connectivity index (χ0n) is 8.34. The molecule has 0 amide bonds. The summed E-state index contributed by atoms with van der Waals surface area (Å²) in [4.78, 5) is 21.9. The fraction of sp³-hybridized carbons (Fsp3) is 0.273. The van der Waals surface area contributed by atoms with Gasteiger partial charge in [0.05, 0.1) is 11.7 Å². The van der Waals surface area contributed by atoms with E-state index in [1.54, 1.807) is 0 Å². The number of hydrogen-bond donors (Lipinski definition) is 2. The topological polar surface area (TPSA) is 83.8 Å². The SMILES string of the molecule is O=C(O)c1cccc(OC2CC2)c1C(=O)O. The molecule has 16 heavy (non-hydrogen) atoms. The predicted octanol–water partition coefficient (Wildman–Crippen LogP) is 1.62. The maximum Gasteiger partial charge on any atom is 0.340 e. The Balaban J connectivity index is 2.45. The maximum absolute atomic E-state index is 11.0. The first-order valence-electron chi connectivity index (χ1n) is 4.86. The Labute approximate surface area is 91.3 Å². The van der Waals surface area contributed by atoms with Crippen molar-refractivity contribution in [2.24, 2.45) is 0 Å². The Morgan fingerprint density at radius 3 is 2.38 bits per heavy atom. The summed E-state index contributed by atoms with van der Waals surface area (Å²) in [5.74, 6) is -2.41. The summed E-state index contributed by atoms with van der Waals surface area (Å²) in [6.45, 7) is 0. The van der Waals surface area contributed by atoms with Crippen molar-refractivity contribution < 1.29 is 24.5 Å². The summed E-state index contributed by atoms with van der Waals surface area (Å²) >= 11 is 0. The number of rotatable bonds is 4. The molecular formula is C11H10O5. The highest BCUT2D eigenvalue weighted by atomic mass is 16.5. The van der Waals surface area contributed by atoms with Crippen molar-refractivity contribution in [1.29, 1.82) is 0 Å². The summed E-state index contributed by atoms with van der Waals surface area (Å²) < 4.78 is 5.36. The molecule has 2 N–H and O–H groups in total. The van der Waals surface area contributed by atoms with E-state index in [0.29, 0.717) is 0 Å². The molecule has 0 spiro atoms. The van der Waals surface area contributed by atoms with Gasteiger partial charge in [0.25, 0.3) is 0 Å². The van der Waals surface area contributed by atoms with Crippen LogP contribution in [0.4, 0.5) is 0 Å². The van der Waals surface area contributed by atoms with Crippen molar-refractivity contribution >= 4 is 11.9 Å². The van der Waals surface area contributed by atoms with Crippen LogP contribution in [0.5, 0.6) is 5.75 Å². The molecule has 1 aliphatic rings. The fourth-order valence-corrected chi connectivity index (χ4v) is 1.39. The van der Waals surface area contributed by atoms with Crippen molar-refractivity contribution in [2.45, 2.75) is 18.9 Å². The van der Waals surface area contributed by atoms with E-state index >= 15 is 0 Å². The normalized spacial score (nSPS) is 14.5. The third-order valence-electron chi connectivity index (χ3n) is 2.29. The van der Waals surface area contributed by atoms with Crippen molar-refractivity contribution in [3.05, 3.63) is 29.3 Å².